The minimum absolute atomic E-state index is 0.776. The summed E-state index contributed by atoms with van der Waals surface area (Å²) in [6.07, 6.45) is 7.92. The monoisotopic (exact) mass is 295 g/mol. The summed E-state index contributed by atoms with van der Waals surface area (Å²) in [5.41, 5.74) is 8.06. The van der Waals surface area contributed by atoms with Crippen molar-refractivity contribution in [2.24, 2.45) is 0 Å². The molecule has 2 N–H and O–H groups in total. The van der Waals surface area contributed by atoms with Crippen molar-refractivity contribution in [2.75, 3.05) is 5.73 Å². The van der Waals surface area contributed by atoms with E-state index in [0.717, 1.165) is 28.1 Å². The molecule has 0 atom stereocenters. The van der Waals surface area contributed by atoms with E-state index >= 15 is 0 Å². The summed E-state index contributed by atoms with van der Waals surface area (Å²) in [4.78, 5) is 4.57. The largest absolute Gasteiger partial charge is 0.383 e. The predicted molar refractivity (Wildman–Crippen MR) is 75.2 cm³/mol. The average Bonchev–Trinajstić information content (AvgIpc) is 2.62. The van der Waals surface area contributed by atoms with Gasteiger partial charge in [0.1, 0.15) is 11.5 Å². The van der Waals surface area contributed by atoms with Crippen molar-refractivity contribution in [3.05, 3.63) is 28.5 Å². The Morgan fingerprint density at radius 2 is 2.12 bits per heavy atom. The smallest absolute Gasteiger partial charge is 0.138 e. The second-order valence-corrected chi connectivity index (χ2v) is 5.25. The third-order valence-corrected chi connectivity index (χ3v) is 3.43. The predicted octanol–water partition coefficient (Wildman–Crippen LogP) is 3.80. The van der Waals surface area contributed by atoms with Crippen molar-refractivity contribution >= 4 is 27.4 Å². The molecule has 2 aromatic rings. The van der Waals surface area contributed by atoms with Crippen LogP contribution in [0.1, 0.15) is 38.3 Å². The van der Waals surface area contributed by atoms with E-state index < -0.39 is 0 Å². The molecular weight excluding hydrogens is 278 g/mol. The van der Waals surface area contributed by atoms with Gasteiger partial charge in [0.15, 0.2) is 0 Å². The Labute approximate surface area is 110 Å². The molecule has 0 saturated heterocycles. The number of unbranched alkanes of at least 4 members (excludes halogenated alkanes) is 3. The van der Waals surface area contributed by atoms with Crippen LogP contribution in [0.25, 0.3) is 5.65 Å². The number of pyridine rings is 1. The fourth-order valence-corrected chi connectivity index (χ4v) is 2.33. The lowest BCUT2D eigenvalue weighted by atomic mass is 10.1. The molecule has 0 aliphatic heterocycles. The summed E-state index contributed by atoms with van der Waals surface area (Å²) in [6.45, 7) is 2.22. The van der Waals surface area contributed by atoms with E-state index in [1.807, 2.05) is 22.7 Å². The molecule has 0 aliphatic rings. The zero-order valence-electron chi connectivity index (χ0n) is 10.1. The zero-order valence-corrected chi connectivity index (χ0v) is 11.7. The Bertz CT molecular complexity index is 505. The molecule has 17 heavy (non-hydrogen) atoms. The van der Waals surface area contributed by atoms with Crippen LogP contribution < -0.4 is 5.73 Å². The summed E-state index contributed by atoms with van der Waals surface area (Å²) < 4.78 is 2.96. The topological polar surface area (TPSA) is 43.3 Å². The summed E-state index contributed by atoms with van der Waals surface area (Å²) >= 11 is 3.44. The highest BCUT2D eigenvalue weighted by atomic mass is 79.9. The molecular formula is C13H18BrN3. The lowest BCUT2D eigenvalue weighted by Gasteiger charge is -1.99. The molecule has 2 aromatic heterocycles. The third-order valence-electron chi connectivity index (χ3n) is 2.96. The fourth-order valence-electron chi connectivity index (χ4n) is 1.99. The van der Waals surface area contributed by atoms with Crippen molar-refractivity contribution < 1.29 is 0 Å². The lowest BCUT2D eigenvalue weighted by Crippen LogP contribution is -1.96. The van der Waals surface area contributed by atoms with Gasteiger partial charge in [-0.05, 0) is 40.9 Å². The Balaban J connectivity index is 2.15. The van der Waals surface area contributed by atoms with Gasteiger partial charge in [-0.3, -0.25) is 4.40 Å². The van der Waals surface area contributed by atoms with Crippen LogP contribution in [0.4, 0.5) is 5.82 Å². The number of hydrogen-bond acceptors (Lipinski definition) is 2. The number of nitrogen functional groups attached to an aromatic ring is 1. The molecule has 0 spiro atoms. The van der Waals surface area contributed by atoms with Gasteiger partial charge in [0.2, 0.25) is 0 Å². The molecule has 0 saturated carbocycles. The number of fused-ring (bicyclic) bond motifs is 1. The number of imidazole rings is 1. The van der Waals surface area contributed by atoms with Crippen LogP contribution >= 0.6 is 15.9 Å². The average molecular weight is 296 g/mol. The van der Waals surface area contributed by atoms with Gasteiger partial charge in [-0.25, -0.2) is 4.98 Å². The van der Waals surface area contributed by atoms with E-state index in [1.54, 1.807) is 0 Å². The van der Waals surface area contributed by atoms with E-state index in [9.17, 15) is 0 Å². The molecule has 0 fully saturated rings. The number of halogens is 1. The summed E-state index contributed by atoms with van der Waals surface area (Å²) in [6, 6.07) is 3.97. The van der Waals surface area contributed by atoms with Gasteiger partial charge in [0, 0.05) is 10.7 Å². The molecule has 4 heteroatoms. The molecule has 92 valence electrons. The van der Waals surface area contributed by atoms with Gasteiger partial charge in [-0.1, -0.05) is 26.2 Å². The number of nitrogens with zero attached hydrogens (tertiary/aromatic N) is 2. The standard InChI is InChI=1S/C13H18BrN3/c1-2-3-4-5-6-11-13(15)17-9-10(14)7-8-12(17)16-11/h7-9H,2-6,15H2,1H3. The van der Waals surface area contributed by atoms with E-state index in [0.29, 0.717) is 0 Å². The Morgan fingerprint density at radius 1 is 1.29 bits per heavy atom. The number of anilines is 1. The third kappa shape index (κ3) is 2.80. The maximum Gasteiger partial charge on any atom is 0.138 e. The van der Waals surface area contributed by atoms with Crippen molar-refractivity contribution in [2.45, 2.75) is 39.0 Å². The normalized spacial score (nSPS) is 11.2. The molecule has 0 amide bonds. The van der Waals surface area contributed by atoms with Crippen LogP contribution in [0.2, 0.25) is 0 Å². The van der Waals surface area contributed by atoms with Crippen LogP contribution in [0.15, 0.2) is 22.8 Å². The summed E-state index contributed by atoms with van der Waals surface area (Å²) in [5, 5.41) is 0. The van der Waals surface area contributed by atoms with Crippen LogP contribution in [-0.2, 0) is 6.42 Å². The van der Waals surface area contributed by atoms with Gasteiger partial charge in [0.05, 0.1) is 5.69 Å². The molecule has 2 heterocycles. The van der Waals surface area contributed by atoms with Crippen LogP contribution in [0.3, 0.4) is 0 Å². The van der Waals surface area contributed by atoms with Crippen LogP contribution in [-0.4, -0.2) is 9.38 Å². The highest BCUT2D eigenvalue weighted by molar-refractivity contribution is 9.10. The first-order chi connectivity index (χ1) is 8.22. The van der Waals surface area contributed by atoms with Crippen molar-refractivity contribution in [1.29, 1.82) is 0 Å². The minimum Gasteiger partial charge on any atom is -0.383 e. The number of aryl methyl sites for hydroxylation is 1. The lowest BCUT2D eigenvalue weighted by molar-refractivity contribution is 0.663. The molecule has 0 aliphatic carbocycles. The molecule has 0 unspecified atom stereocenters. The summed E-state index contributed by atoms with van der Waals surface area (Å²) in [5.74, 6) is 0.776. The summed E-state index contributed by atoms with van der Waals surface area (Å²) in [7, 11) is 0. The van der Waals surface area contributed by atoms with Gasteiger partial charge in [-0.15, -0.1) is 0 Å². The minimum atomic E-state index is 0.776. The Kier molecular flexibility index (Phi) is 4.05. The fraction of sp³-hybridized carbons (Fsp3) is 0.462. The Morgan fingerprint density at radius 3 is 2.88 bits per heavy atom. The molecule has 0 aromatic carbocycles. The molecule has 2 rings (SSSR count). The van der Waals surface area contributed by atoms with Gasteiger partial charge in [-0.2, -0.15) is 0 Å². The first-order valence-corrected chi connectivity index (χ1v) is 6.93. The number of hydrogen-bond donors (Lipinski definition) is 1. The molecule has 0 bridgehead atoms. The van der Waals surface area contributed by atoms with Crippen molar-refractivity contribution in [3.8, 4) is 0 Å². The first-order valence-electron chi connectivity index (χ1n) is 6.14. The maximum atomic E-state index is 6.10. The first kappa shape index (κ1) is 12.4. The van der Waals surface area contributed by atoms with Crippen LogP contribution in [0, 0.1) is 0 Å². The maximum absolute atomic E-state index is 6.10. The SMILES string of the molecule is CCCCCCc1nc2ccc(Br)cn2c1N. The van der Waals surface area contributed by atoms with Crippen molar-refractivity contribution in [1.82, 2.24) is 9.38 Å². The Hall–Kier alpha value is -1.03. The molecule has 3 nitrogen and oxygen atoms in total. The second-order valence-electron chi connectivity index (χ2n) is 4.33. The van der Waals surface area contributed by atoms with Gasteiger partial charge < -0.3 is 5.73 Å². The highest BCUT2D eigenvalue weighted by Gasteiger charge is 2.08. The highest BCUT2D eigenvalue weighted by Crippen LogP contribution is 2.20. The van der Waals surface area contributed by atoms with E-state index in [2.05, 4.69) is 27.8 Å². The van der Waals surface area contributed by atoms with Crippen molar-refractivity contribution in [3.63, 3.8) is 0 Å². The van der Waals surface area contributed by atoms with Gasteiger partial charge in [0.25, 0.3) is 0 Å². The number of nitrogens with two attached hydrogens (primary N) is 1. The van der Waals surface area contributed by atoms with E-state index in [1.165, 1.54) is 25.7 Å². The van der Waals surface area contributed by atoms with Crippen LogP contribution in [0.5, 0.6) is 0 Å². The van der Waals surface area contributed by atoms with E-state index in [-0.39, 0.29) is 0 Å². The quantitative estimate of drug-likeness (QED) is 0.853. The molecule has 0 radical (unpaired) electrons. The van der Waals surface area contributed by atoms with Gasteiger partial charge >= 0.3 is 0 Å². The van der Waals surface area contributed by atoms with E-state index in [4.69, 9.17) is 5.73 Å². The second kappa shape index (κ2) is 5.54. The zero-order chi connectivity index (χ0) is 12.3. The number of rotatable bonds is 5. The number of aromatic nitrogens is 2.